The first-order valence-corrected chi connectivity index (χ1v) is 6.85. The predicted octanol–water partition coefficient (Wildman–Crippen LogP) is 4.16. The molecule has 1 N–H and O–H groups in total. The molecular weight excluding hydrogens is 294 g/mol. The Morgan fingerprint density at radius 3 is 2.44 bits per heavy atom. The van der Waals surface area contributed by atoms with Crippen molar-refractivity contribution in [1.29, 1.82) is 0 Å². The number of hydrogen-bond acceptors (Lipinski definition) is 1. The maximum absolute atomic E-state index is 11.2. The molecule has 0 bridgehead atoms. The summed E-state index contributed by atoms with van der Waals surface area (Å²) in [7, 11) is 0. The van der Waals surface area contributed by atoms with Crippen LogP contribution < -0.4 is 0 Å². The van der Waals surface area contributed by atoms with Crippen LogP contribution in [-0.2, 0) is 6.42 Å². The lowest BCUT2D eigenvalue weighted by molar-refractivity contribution is 0.0996. The second-order valence-corrected chi connectivity index (χ2v) is 6.15. The minimum atomic E-state index is -0.852. The Balaban J connectivity index is 2.55. The number of carboxylic acid groups (broad SMARTS) is 1. The normalized spacial score (nSPS) is 11.3. The molecule has 1 rings (SSSR count). The molecule has 1 aromatic rings. The number of rotatable bonds is 4. The molecule has 0 aromatic heterocycles. The molecule has 0 atom stereocenters. The average Bonchev–Trinajstić information content (AvgIpc) is 2.24. The van der Waals surface area contributed by atoms with Gasteiger partial charge in [-0.3, -0.25) is 0 Å². The van der Waals surface area contributed by atoms with Gasteiger partial charge >= 0.3 is 6.09 Å². The Kier molecular flexibility index (Phi) is 5.20. The maximum atomic E-state index is 11.2. The Bertz CT molecular complexity index is 413. The van der Waals surface area contributed by atoms with E-state index in [0.29, 0.717) is 6.54 Å². The number of amides is 1. The number of nitrogens with zero attached hydrogens (tertiary/aromatic N) is 1. The van der Waals surface area contributed by atoms with Gasteiger partial charge in [-0.05, 0) is 45.2 Å². The summed E-state index contributed by atoms with van der Waals surface area (Å²) in [6.07, 6.45) is 0.850. The van der Waals surface area contributed by atoms with Gasteiger partial charge in [-0.2, -0.15) is 0 Å². The van der Waals surface area contributed by atoms with Gasteiger partial charge in [-0.25, -0.2) is 4.79 Å². The fraction of sp³-hybridized carbons (Fsp3) is 0.500. The van der Waals surface area contributed by atoms with Gasteiger partial charge in [-0.15, -0.1) is 0 Å². The topological polar surface area (TPSA) is 40.5 Å². The van der Waals surface area contributed by atoms with Crippen molar-refractivity contribution in [3.63, 3.8) is 0 Å². The lowest BCUT2D eigenvalue weighted by Gasteiger charge is -2.33. The highest BCUT2D eigenvalue weighted by atomic mass is 79.9. The molecule has 4 heteroatoms. The van der Waals surface area contributed by atoms with Gasteiger partial charge in [0.05, 0.1) is 0 Å². The van der Waals surface area contributed by atoms with Crippen LogP contribution >= 0.6 is 15.9 Å². The molecule has 0 spiro atoms. The van der Waals surface area contributed by atoms with E-state index in [1.54, 1.807) is 0 Å². The molecule has 0 radical (unpaired) electrons. The van der Waals surface area contributed by atoms with Gasteiger partial charge in [0.15, 0.2) is 0 Å². The van der Waals surface area contributed by atoms with Crippen LogP contribution in [-0.4, -0.2) is 28.2 Å². The van der Waals surface area contributed by atoms with Crippen LogP contribution in [0.2, 0.25) is 0 Å². The van der Waals surface area contributed by atoms with Crippen LogP contribution in [0.1, 0.15) is 32.8 Å². The van der Waals surface area contributed by atoms with Crippen molar-refractivity contribution < 1.29 is 9.90 Å². The highest BCUT2D eigenvalue weighted by Gasteiger charge is 2.25. The molecule has 0 aliphatic carbocycles. The fourth-order valence-corrected chi connectivity index (χ4v) is 2.33. The zero-order valence-electron chi connectivity index (χ0n) is 11.1. The molecule has 3 nitrogen and oxygen atoms in total. The standard InChI is InChI=1S/C14H20BrNO2/c1-14(2,3)16(13(17)18)10-6-8-11-7-4-5-9-12(11)15/h4-5,7,9H,6,8,10H2,1-3H3,(H,17,18). The molecule has 0 saturated heterocycles. The summed E-state index contributed by atoms with van der Waals surface area (Å²) in [5, 5.41) is 9.18. The summed E-state index contributed by atoms with van der Waals surface area (Å²) >= 11 is 3.50. The Morgan fingerprint density at radius 1 is 1.33 bits per heavy atom. The van der Waals surface area contributed by atoms with Crippen LogP contribution in [0, 0.1) is 0 Å². The van der Waals surface area contributed by atoms with Gasteiger partial charge < -0.3 is 10.0 Å². The summed E-state index contributed by atoms with van der Waals surface area (Å²) in [5.41, 5.74) is 0.872. The largest absolute Gasteiger partial charge is 0.465 e. The van der Waals surface area contributed by atoms with Crippen LogP contribution in [0.5, 0.6) is 0 Å². The molecule has 0 aliphatic rings. The summed E-state index contributed by atoms with van der Waals surface area (Å²) in [4.78, 5) is 12.7. The summed E-state index contributed by atoms with van der Waals surface area (Å²) < 4.78 is 1.09. The summed E-state index contributed by atoms with van der Waals surface area (Å²) in [6.45, 7) is 6.30. The molecule has 100 valence electrons. The smallest absolute Gasteiger partial charge is 0.407 e. The molecule has 0 fully saturated rings. The quantitative estimate of drug-likeness (QED) is 0.906. The first-order chi connectivity index (χ1) is 8.32. The van der Waals surface area contributed by atoms with Crippen molar-refractivity contribution >= 4 is 22.0 Å². The number of aryl methyl sites for hydroxylation is 1. The molecule has 0 saturated carbocycles. The van der Waals surface area contributed by atoms with Crippen molar-refractivity contribution in [1.82, 2.24) is 4.90 Å². The van der Waals surface area contributed by atoms with E-state index in [-0.39, 0.29) is 5.54 Å². The van der Waals surface area contributed by atoms with E-state index in [4.69, 9.17) is 0 Å². The van der Waals surface area contributed by atoms with Crippen LogP contribution in [0.25, 0.3) is 0 Å². The lowest BCUT2D eigenvalue weighted by Crippen LogP contribution is -2.45. The SMILES string of the molecule is CC(C)(C)N(CCCc1ccccc1Br)C(=O)O. The predicted molar refractivity (Wildman–Crippen MR) is 76.9 cm³/mol. The Morgan fingerprint density at radius 2 is 1.94 bits per heavy atom. The third kappa shape index (κ3) is 4.33. The average molecular weight is 314 g/mol. The van der Waals surface area contributed by atoms with Gasteiger partial charge in [-0.1, -0.05) is 34.1 Å². The second-order valence-electron chi connectivity index (χ2n) is 5.30. The van der Waals surface area contributed by atoms with Crippen LogP contribution in [0.4, 0.5) is 4.79 Å². The monoisotopic (exact) mass is 313 g/mol. The number of hydrogen-bond donors (Lipinski definition) is 1. The van der Waals surface area contributed by atoms with Crippen molar-refractivity contribution in [2.24, 2.45) is 0 Å². The highest BCUT2D eigenvalue weighted by Crippen LogP contribution is 2.19. The molecule has 0 unspecified atom stereocenters. The van der Waals surface area contributed by atoms with Crippen molar-refractivity contribution in [2.45, 2.75) is 39.2 Å². The Hall–Kier alpha value is -1.03. The number of halogens is 1. The van der Waals surface area contributed by atoms with Crippen molar-refractivity contribution in [2.75, 3.05) is 6.54 Å². The van der Waals surface area contributed by atoms with E-state index in [1.165, 1.54) is 10.5 Å². The van der Waals surface area contributed by atoms with Crippen LogP contribution in [0.15, 0.2) is 28.7 Å². The molecule has 18 heavy (non-hydrogen) atoms. The summed E-state index contributed by atoms with van der Waals surface area (Å²) in [6, 6.07) is 8.05. The zero-order chi connectivity index (χ0) is 13.8. The molecule has 0 aliphatic heterocycles. The van der Waals surface area contributed by atoms with Gasteiger partial charge in [0.25, 0.3) is 0 Å². The number of benzene rings is 1. The number of carbonyl (C=O) groups is 1. The van der Waals surface area contributed by atoms with E-state index in [0.717, 1.165) is 17.3 Å². The molecular formula is C14H20BrNO2. The first-order valence-electron chi connectivity index (χ1n) is 6.06. The maximum Gasteiger partial charge on any atom is 0.407 e. The summed E-state index contributed by atoms with van der Waals surface area (Å²) in [5.74, 6) is 0. The fourth-order valence-electron chi connectivity index (χ4n) is 1.85. The van der Waals surface area contributed by atoms with E-state index in [2.05, 4.69) is 22.0 Å². The van der Waals surface area contributed by atoms with E-state index in [9.17, 15) is 9.90 Å². The van der Waals surface area contributed by atoms with Gasteiger partial charge in [0, 0.05) is 16.6 Å². The Labute approximate surface area is 117 Å². The minimum Gasteiger partial charge on any atom is -0.465 e. The van der Waals surface area contributed by atoms with Crippen LogP contribution in [0.3, 0.4) is 0 Å². The molecule has 1 aromatic carbocycles. The third-order valence-corrected chi connectivity index (χ3v) is 3.60. The third-order valence-electron chi connectivity index (χ3n) is 2.83. The van der Waals surface area contributed by atoms with Gasteiger partial charge in [0.2, 0.25) is 0 Å². The molecule has 0 heterocycles. The van der Waals surface area contributed by atoms with Crippen molar-refractivity contribution in [3.05, 3.63) is 34.3 Å². The van der Waals surface area contributed by atoms with Gasteiger partial charge in [0.1, 0.15) is 0 Å². The van der Waals surface area contributed by atoms with E-state index < -0.39 is 6.09 Å². The highest BCUT2D eigenvalue weighted by molar-refractivity contribution is 9.10. The lowest BCUT2D eigenvalue weighted by atomic mass is 10.0. The van der Waals surface area contributed by atoms with Crippen molar-refractivity contribution in [3.8, 4) is 0 Å². The van der Waals surface area contributed by atoms with E-state index >= 15 is 0 Å². The first kappa shape index (κ1) is 15.0. The second kappa shape index (κ2) is 6.23. The van der Waals surface area contributed by atoms with E-state index in [1.807, 2.05) is 39.0 Å². The zero-order valence-corrected chi connectivity index (χ0v) is 12.7. The molecule has 1 amide bonds. The minimum absolute atomic E-state index is 0.347.